The van der Waals surface area contributed by atoms with Gasteiger partial charge in [0.25, 0.3) is 0 Å². The maximum absolute atomic E-state index is 13.2. The van der Waals surface area contributed by atoms with E-state index in [0.29, 0.717) is 5.69 Å². The summed E-state index contributed by atoms with van der Waals surface area (Å²) in [6.07, 6.45) is 2.09. The molecule has 64 valence electrons. The van der Waals surface area contributed by atoms with Gasteiger partial charge in [-0.15, -0.1) is 11.8 Å². The molecular weight excluding hydrogens is 173 g/mol. The van der Waals surface area contributed by atoms with Crippen molar-refractivity contribution in [3.8, 4) is 0 Å². The van der Waals surface area contributed by atoms with Gasteiger partial charge in [0.15, 0.2) is 0 Å². The van der Waals surface area contributed by atoms with Gasteiger partial charge in [-0.05, 0) is 36.3 Å². The van der Waals surface area contributed by atoms with Crippen LogP contribution in [0.1, 0.15) is 12.0 Å². The number of hydrogen-bond acceptors (Lipinski definition) is 2. The van der Waals surface area contributed by atoms with E-state index in [-0.39, 0.29) is 5.82 Å². The fraction of sp³-hybridized carbons (Fsp3) is 0.333. The number of halogens is 1. The first-order chi connectivity index (χ1) is 5.77. The number of fused-ring (bicyclic) bond motifs is 1. The van der Waals surface area contributed by atoms with Gasteiger partial charge in [-0.25, -0.2) is 4.39 Å². The average Bonchev–Trinajstić information content (AvgIpc) is 2.04. The summed E-state index contributed by atoms with van der Waals surface area (Å²) in [6, 6.07) is 3.28. The third-order valence-electron chi connectivity index (χ3n) is 1.98. The lowest BCUT2D eigenvalue weighted by atomic mass is 10.1. The highest BCUT2D eigenvalue weighted by Gasteiger charge is 2.14. The molecule has 2 rings (SSSR count). The van der Waals surface area contributed by atoms with Gasteiger partial charge < -0.3 is 5.73 Å². The monoisotopic (exact) mass is 183 g/mol. The Morgan fingerprint density at radius 3 is 3.08 bits per heavy atom. The SMILES string of the molecule is Nc1cc(F)c2c(c1)CCCS2. The summed E-state index contributed by atoms with van der Waals surface area (Å²) in [5.74, 6) is 0.864. The van der Waals surface area contributed by atoms with Crippen LogP contribution in [0.25, 0.3) is 0 Å². The van der Waals surface area contributed by atoms with Gasteiger partial charge in [0.05, 0.1) is 0 Å². The predicted octanol–water partition coefficient (Wildman–Crippen LogP) is 2.45. The molecule has 0 aromatic heterocycles. The topological polar surface area (TPSA) is 26.0 Å². The molecule has 12 heavy (non-hydrogen) atoms. The first-order valence-corrected chi connectivity index (χ1v) is 4.96. The normalized spacial score (nSPS) is 15.8. The number of thioether (sulfide) groups is 1. The standard InChI is InChI=1S/C9H10FNS/c10-8-5-7(11)4-6-2-1-3-12-9(6)8/h4-5H,1-3,11H2. The first kappa shape index (κ1) is 7.92. The maximum atomic E-state index is 13.2. The van der Waals surface area contributed by atoms with E-state index in [9.17, 15) is 4.39 Å². The van der Waals surface area contributed by atoms with Crippen LogP contribution in [0, 0.1) is 5.82 Å². The number of aryl methyl sites for hydroxylation is 1. The minimum absolute atomic E-state index is 0.158. The molecule has 0 saturated heterocycles. The second-order valence-electron chi connectivity index (χ2n) is 2.94. The largest absolute Gasteiger partial charge is 0.399 e. The Kier molecular flexibility index (Phi) is 1.97. The quantitative estimate of drug-likeness (QED) is 0.625. The molecule has 3 heteroatoms. The molecule has 0 radical (unpaired) electrons. The van der Waals surface area contributed by atoms with E-state index in [1.807, 2.05) is 6.07 Å². The molecule has 1 nitrogen and oxygen atoms in total. The van der Waals surface area contributed by atoms with Crippen LogP contribution in [0.4, 0.5) is 10.1 Å². The summed E-state index contributed by atoms with van der Waals surface area (Å²) in [6.45, 7) is 0. The van der Waals surface area contributed by atoms with Crippen molar-refractivity contribution in [2.45, 2.75) is 17.7 Å². The lowest BCUT2D eigenvalue weighted by molar-refractivity contribution is 0.595. The zero-order chi connectivity index (χ0) is 8.55. The van der Waals surface area contributed by atoms with Crippen LogP contribution in [0.3, 0.4) is 0 Å². The second kappa shape index (κ2) is 2.98. The molecule has 1 aliphatic rings. The molecule has 0 fully saturated rings. The van der Waals surface area contributed by atoms with Gasteiger partial charge >= 0.3 is 0 Å². The summed E-state index contributed by atoms with van der Waals surface area (Å²) < 4.78 is 13.2. The van der Waals surface area contributed by atoms with Gasteiger partial charge in [-0.3, -0.25) is 0 Å². The van der Waals surface area contributed by atoms with Crippen LogP contribution < -0.4 is 5.73 Å². The summed E-state index contributed by atoms with van der Waals surface area (Å²) in [5, 5.41) is 0. The molecule has 0 aliphatic carbocycles. The molecular formula is C9H10FNS. The van der Waals surface area contributed by atoms with Gasteiger partial charge in [0, 0.05) is 10.6 Å². The van der Waals surface area contributed by atoms with Crippen LogP contribution >= 0.6 is 11.8 Å². The van der Waals surface area contributed by atoms with Crippen LogP contribution in [-0.2, 0) is 6.42 Å². The second-order valence-corrected chi connectivity index (χ2v) is 4.05. The average molecular weight is 183 g/mol. The Labute approximate surface area is 75.1 Å². The summed E-state index contributed by atoms with van der Waals surface area (Å²) in [4.78, 5) is 0.801. The van der Waals surface area contributed by atoms with E-state index in [1.165, 1.54) is 6.07 Å². The predicted molar refractivity (Wildman–Crippen MR) is 49.9 cm³/mol. The van der Waals surface area contributed by atoms with Crippen molar-refractivity contribution < 1.29 is 4.39 Å². The summed E-state index contributed by atoms with van der Waals surface area (Å²) >= 11 is 1.59. The molecule has 0 amide bonds. The molecule has 1 heterocycles. The number of rotatable bonds is 0. The van der Waals surface area contributed by atoms with E-state index >= 15 is 0 Å². The molecule has 2 N–H and O–H groups in total. The first-order valence-electron chi connectivity index (χ1n) is 3.98. The minimum Gasteiger partial charge on any atom is -0.399 e. The molecule has 1 aromatic rings. The van der Waals surface area contributed by atoms with Crippen LogP contribution in [-0.4, -0.2) is 5.75 Å². The van der Waals surface area contributed by atoms with Gasteiger partial charge in [-0.1, -0.05) is 0 Å². The number of hydrogen-bond donors (Lipinski definition) is 1. The van der Waals surface area contributed by atoms with E-state index < -0.39 is 0 Å². The maximum Gasteiger partial charge on any atom is 0.139 e. The highest BCUT2D eigenvalue weighted by atomic mass is 32.2. The number of nitrogens with two attached hydrogens (primary N) is 1. The molecule has 0 spiro atoms. The highest BCUT2D eigenvalue weighted by molar-refractivity contribution is 7.99. The van der Waals surface area contributed by atoms with Crippen molar-refractivity contribution in [1.29, 1.82) is 0 Å². The Hall–Kier alpha value is -0.700. The van der Waals surface area contributed by atoms with Gasteiger partial charge in [0.2, 0.25) is 0 Å². The minimum atomic E-state index is -0.158. The zero-order valence-corrected chi connectivity index (χ0v) is 7.46. The summed E-state index contributed by atoms with van der Waals surface area (Å²) in [5.41, 5.74) is 7.14. The van der Waals surface area contributed by atoms with Gasteiger partial charge in [-0.2, -0.15) is 0 Å². The fourth-order valence-corrected chi connectivity index (χ4v) is 2.49. The number of benzene rings is 1. The van der Waals surface area contributed by atoms with Crippen molar-refractivity contribution in [1.82, 2.24) is 0 Å². The Balaban J connectivity index is 2.53. The van der Waals surface area contributed by atoms with Crippen LogP contribution in [0.15, 0.2) is 17.0 Å². The lowest BCUT2D eigenvalue weighted by Crippen LogP contribution is -2.02. The Morgan fingerprint density at radius 1 is 1.42 bits per heavy atom. The van der Waals surface area contributed by atoms with Crippen molar-refractivity contribution in [2.75, 3.05) is 11.5 Å². The smallest absolute Gasteiger partial charge is 0.139 e. The van der Waals surface area contributed by atoms with Crippen LogP contribution in [0.5, 0.6) is 0 Å². The molecule has 0 atom stereocenters. The van der Waals surface area contributed by atoms with E-state index in [2.05, 4.69) is 0 Å². The molecule has 1 aromatic carbocycles. The molecule has 0 saturated carbocycles. The zero-order valence-electron chi connectivity index (χ0n) is 6.64. The Bertz CT molecular complexity index is 312. The number of anilines is 1. The fourth-order valence-electron chi connectivity index (χ4n) is 1.46. The van der Waals surface area contributed by atoms with E-state index in [0.717, 1.165) is 29.1 Å². The van der Waals surface area contributed by atoms with Crippen molar-refractivity contribution in [3.05, 3.63) is 23.5 Å². The van der Waals surface area contributed by atoms with Crippen molar-refractivity contribution >= 4 is 17.4 Å². The molecule has 1 aliphatic heterocycles. The molecule has 0 unspecified atom stereocenters. The highest BCUT2D eigenvalue weighted by Crippen LogP contribution is 2.33. The summed E-state index contributed by atoms with van der Waals surface area (Å²) in [7, 11) is 0. The third-order valence-corrected chi connectivity index (χ3v) is 3.22. The molecule has 0 bridgehead atoms. The third kappa shape index (κ3) is 1.29. The van der Waals surface area contributed by atoms with Crippen molar-refractivity contribution in [2.24, 2.45) is 0 Å². The van der Waals surface area contributed by atoms with Crippen LogP contribution in [0.2, 0.25) is 0 Å². The number of nitrogen functional groups attached to an aromatic ring is 1. The van der Waals surface area contributed by atoms with E-state index in [4.69, 9.17) is 5.73 Å². The Morgan fingerprint density at radius 2 is 2.25 bits per heavy atom. The van der Waals surface area contributed by atoms with Crippen molar-refractivity contribution in [3.63, 3.8) is 0 Å². The lowest BCUT2D eigenvalue weighted by Gasteiger charge is -2.15. The van der Waals surface area contributed by atoms with E-state index in [1.54, 1.807) is 11.8 Å². The van der Waals surface area contributed by atoms with Gasteiger partial charge in [0.1, 0.15) is 5.82 Å².